The summed E-state index contributed by atoms with van der Waals surface area (Å²) in [6.45, 7) is 3.81. The van der Waals surface area contributed by atoms with Gasteiger partial charge in [0.25, 0.3) is 5.91 Å². The van der Waals surface area contributed by atoms with Crippen LogP contribution in [-0.2, 0) is 4.79 Å². The molecule has 0 saturated carbocycles. The molecule has 0 unspecified atom stereocenters. The van der Waals surface area contributed by atoms with E-state index in [1.54, 1.807) is 24.3 Å². The number of carbonyl (C=O) groups is 2. The highest BCUT2D eigenvalue weighted by molar-refractivity contribution is 7.14. The Morgan fingerprint density at radius 2 is 1.97 bits per heavy atom. The second-order valence-electron chi connectivity index (χ2n) is 7.32. The van der Waals surface area contributed by atoms with Crippen molar-refractivity contribution in [1.29, 1.82) is 0 Å². The summed E-state index contributed by atoms with van der Waals surface area (Å²) in [7, 11) is 1.53. The smallest absolute Gasteiger partial charge is 0.289 e. The van der Waals surface area contributed by atoms with E-state index in [2.05, 4.69) is 10.3 Å². The highest BCUT2D eigenvalue weighted by atomic mass is 32.1. The molecule has 0 saturated heterocycles. The van der Waals surface area contributed by atoms with E-state index in [1.807, 2.05) is 29.9 Å². The Balaban J connectivity index is 1.47. The fraction of sp³-hybridized carbons (Fsp3) is 0.174. The lowest BCUT2D eigenvalue weighted by molar-refractivity contribution is -0.116. The average Bonchev–Trinajstić information content (AvgIpc) is 3.50. The van der Waals surface area contributed by atoms with Gasteiger partial charge in [-0.25, -0.2) is 9.37 Å². The Labute approximate surface area is 188 Å². The van der Waals surface area contributed by atoms with Crippen LogP contribution >= 0.6 is 11.3 Å². The molecular formula is C23H21FN4O3S. The lowest BCUT2D eigenvalue weighted by Crippen LogP contribution is -2.34. The van der Waals surface area contributed by atoms with Crippen LogP contribution in [0.2, 0.25) is 0 Å². The van der Waals surface area contributed by atoms with Gasteiger partial charge in [-0.2, -0.15) is 0 Å². The maximum absolute atomic E-state index is 13.3. The predicted octanol–water partition coefficient (Wildman–Crippen LogP) is 4.66. The Bertz CT molecular complexity index is 1260. The molecule has 32 heavy (non-hydrogen) atoms. The fourth-order valence-corrected chi connectivity index (χ4v) is 4.23. The van der Waals surface area contributed by atoms with Crippen LogP contribution in [0.5, 0.6) is 0 Å². The van der Waals surface area contributed by atoms with Crippen molar-refractivity contribution in [3.8, 4) is 16.9 Å². The Kier molecular flexibility index (Phi) is 5.91. The standard InChI is InChI=1S/C23H21FN4O3S/c1-14-11-18(15(2)28(14)17-8-6-16(24)7-9-17)19-13-32-23(25-19)26-21(29)12-27(3)22(30)20-5-4-10-31-20/h4-11,13H,12H2,1-3H3,(H,25,26,29). The number of hydrogen-bond acceptors (Lipinski definition) is 5. The maximum Gasteiger partial charge on any atom is 0.289 e. The van der Waals surface area contributed by atoms with Crippen LogP contribution in [0.1, 0.15) is 21.9 Å². The van der Waals surface area contributed by atoms with E-state index in [4.69, 9.17) is 4.42 Å². The summed E-state index contributed by atoms with van der Waals surface area (Å²) in [5.41, 5.74) is 4.46. The zero-order valence-electron chi connectivity index (χ0n) is 17.8. The van der Waals surface area contributed by atoms with E-state index in [-0.39, 0.29) is 29.9 Å². The maximum atomic E-state index is 13.3. The number of thiazole rings is 1. The molecule has 0 atom stereocenters. The van der Waals surface area contributed by atoms with Crippen molar-refractivity contribution in [2.45, 2.75) is 13.8 Å². The third kappa shape index (κ3) is 4.33. The van der Waals surface area contributed by atoms with Gasteiger partial charge in [0, 0.05) is 35.1 Å². The minimum atomic E-state index is -0.377. The molecule has 0 aliphatic rings. The molecule has 2 amide bonds. The number of aryl methyl sites for hydroxylation is 1. The Hall–Kier alpha value is -3.72. The second-order valence-corrected chi connectivity index (χ2v) is 8.18. The largest absolute Gasteiger partial charge is 0.459 e. The first-order chi connectivity index (χ1) is 15.3. The first-order valence-electron chi connectivity index (χ1n) is 9.83. The van der Waals surface area contributed by atoms with Crippen LogP contribution in [0, 0.1) is 19.7 Å². The number of halogens is 1. The highest BCUT2D eigenvalue weighted by Crippen LogP contribution is 2.31. The number of aromatic nitrogens is 2. The number of nitrogens with zero attached hydrogens (tertiary/aromatic N) is 3. The molecular weight excluding hydrogens is 431 g/mol. The van der Waals surface area contributed by atoms with Gasteiger partial charge in [-0.05, 0) is 56.3 Å². The topological polar surface area (TPSA) is 80.4 Å². The molecule has 4 aromatic rings. The predicted molar refractivity (Wildman–Crippen MR) is 121 cm³/mol. The van der Waals surface area contributed by atoms with Gasteiger partial charge in [0.2, 0.25) is 5.91 Å². The van der Waals surface area contributed by atoms with E-state index in [9.17, 15) is 14.0 Å². The van der Waals surface area contributed by atoms with Crippen LogP contribution in [0.4, 0.5) is 9.52 Å². The lowest BCUT2D eigenvalue weighted by Gasteiger charge is -2.14. The molecule has 0 aliphatic heterocycles. The van der Waals surface area contributed by atoms with Gasteiger partial charge >= 0.3 is 0 Å². The molecule has 164 valence electrons. The molecule has 7 nitrogen and oxygen atoms in total. The first kappa shape index (κ1) is 21.5. The number of nitrogens with one attached hydrogen (secondary N) is 1. The molecule has 0 spiro atoms. The summed E-state index contributed by atoms with van der Waals surface area (Å²) in [5.74, 6) is -0.843. The molecule has 0 bridgehead atoms. The third-order valence-electron chi connectivity index (χ3n) is 5.00. The van der Waals surface area contributed by atoms with Crippen molar-refractivity contribution >= 4 is 28.3 Å². The number of anilines is 1. The second kappa shape index (κ2) is 8.80. The Morgan fingerprint density at radius 3 is 2.66 bits per heavy atom. The lowest BCUT2D eigenvalue weighted by atomic mass is 10.2. The number of rotatable bonds is 6. The molecule has 4 rings (SSSR count). The summed E-state index contributed by atoms with van der Waals surface area (Å²) in [6.07, 6.45) is 1.41. The minimum Gasteiger partial charge on any atom is -0.459 e. The molecule has 0 aliphatic carbocycles. The zero-order chi connectivity index (χ0) is 22.8. The number of amides is 2. The number of benzene rings is 1. The number of furan rings is 1. The quantitative estimate of drug-likeness (QED) is 0.461. The van der Waals surface area contributed by atoms with Gasteiger partial charge in [-0.15, -0.1) is 11.3 Å². The van der Waals surface area contributed by atoms with E-state index >= 15 is 0 Å². The van der Waals surface area contributed by atoms with Gasteiger partial charge in [0.1, 0.15) is 12.4 Å². The molecule has 1 N–H and O–H groups in total. The van der Waals surface area contributed by atoms with Gasteiger partial charge in [-0.1, -0.05) is 0 Å². The normalized spacial score (nSPS) is 10.9. The van der Waals surface area contributed by atoms with E-state index in [0.29, 0.717) is 5.13 Å². The monoisotopic (exact) mass is 452 g/mol. The molecule has 3 aromatic heterocycles. The van der Waals surface area contributed by atoms with Crippen LogP contribution in [0.15, 0.2) is 58.5 Å². The van der Waals surface area contributed by atoms with Gasteiger partial charge < -0.3 is 19.2 Å². The average molecular weight is 453 g/mol. The van der Waals surface area contributed by atoms with Crippen LogP contribution in [-0.4, -0.2) is 39.9 Å². The zero-order valence-corrected chi connectivity index (χ0v) is 18.6. The summed E-state index contributed by atoms with van der Waals surface area (Å²) in [5, 5.41) is 5.04. The summed E-state index contributed by atoms with van der Waals surface area (Å²) >= 11 is 1.30. The molecule has 0 fully saturated rings. The number of hydrogen-bond donors (Lipinski definition) is 1. The molecule has 3 heterocycles. The summed E-state index contributed by atoms with van der Waals surface area (Å²) in [4.78, 5) is 30.4. The van der Waals surface area contributed by atoms with Crippen LogP contribution in [0.25, 0.3) is 16.9 Å². The van der Waals surface area contributed by atoms with E-state index in [0.717, 1.165) is 28.3 Å². The van der Waals surface area contributed by atoms with Crippen LogP contribution in [0.3, 0.4) is 0 Å². The van der Waals surface area contributed by atoms with Crippen molar-refractivity contribution in [1.82, 2.24) is 14.5 Å². The van der Waals surface area contributed by atoms with Gasteiger partial charge in [0.15, 0.2) is 10.9 Å². The van der Waals surface area contributed by atoms with Crippen molar-refractivity contribution in [2.24, 2.45) is 0 Å². The summed E-state index contributed by atoms with van der Waals surface area (Å²) < 4.78 is 20.4. The number of carbonyl (C=O) groups excluding carboxylic acids is 2. The first-order valence-corrected chi connectivity index (χ1v) is 10.7. The molecule has 1 aromatic carbocycles. The highest BCUT2D eigenvalue weighted by Gasteiger charge is 2.19. The van der Waals surface area contributed by atoms with Crippen molar-refractivity contribution in [3.63, 3.8) is 0 Å². The summed E-state index contributed by atoms with van der Waals surface area (Å²) in [6, 6.07) is 11.5. The van der Waals surface area contributed by atoms with Crippen molar-refractivity contribution in [2.75, 3.05) is 18.9 Å². The van der Waals surface area contributed by atoms with E-state index < -0.39 is 0 Å². The SMILES string of the molecule is Cc1cc(-c2csc(NC(=O)CN(C)C(=O)c3ccco3)n2)c(C)n1-c1ccc(F)cc1. The van der Waals surface area contributed by atoms with Crippen molar-refractivity contribution in [3.05, 3.63) is 77.1 Å². The third-order valence-corrected chi connectivity index (χ3v) is 5.76. The minimum absolute atomic E-state index is 0.131. The van der Waals surface area contributed by atoms with E-state index in [1.165, 1.54) is 41.7 Å². The number of likely N-dealkylation sites (N-methyl/N-ethyl adjacent to an activating group) is 1. The fourth-order valence-electron chi connectivity index (χ4n) is 3.50. The van der Waals surface area contributed by atoms with Gasteiger partial charge in [-0.3, -0.25) is 9.59 Å². The molecule has 9 heteroatoms. The van der Waals surface area contributed by atoms with Crippen molar-refractivity contribution < 1.29 is 18.4 Å². The van der Waals surface area contributed by atoms with Gasteiger partial charge in [0.05, 0.1) is 12.0 Å². The van der Waals surface area contributed by atoms with Crippen LogP contribution < -0.4 is 5.32 Å². The molecule has 0 radical (unpaired) electrons. The Morgan fingerprint density at radius 1 is 1.22 bits per heavy atom.